The van der Waals surface area contributed by atoms with E-state index in [0.29, 0.717) is 5.69 Å². The van der Waals surface area contributed by atoms with Crippen LogP contribution in [0.5, 0.6) is 0 Å². The zero-order valence-electron chi connectivity index (χ0n) is 8.54. The summed E-state index contributed by atoms with van der Waals surface area (Å²) >= 11 is 0. The minimum atomic E-state index is -0.494. The van der Waals surface area contributed by atoms with Gasteiger partial charge in [-0.15, -0.1) is 0 Å². The van der Waals surface area contributed by atoms with Crippen LogP contribution in [-0.2, 0) is 0 Å². The summed E-state index contributed by atoms with van der Waals surface area (Å²) in [5.41, 5.74) is 0.437. The van der Waals surface area contributed by atoms with Crippen molar-refractivity contribution in [2.24, 2.45) is 0 Å². The number of halogens is 1. The summed E-state index contributed by atoms with van der Waals surface area (Å²) in [6.45, 7) is 0.0942. The first-order chi connectivity index (χ1) is 7.24. The Labute approximate surface area is 88.3 Å². The zero-order chi connectivity index (χ0) is 10.7. The summed E-state index contributed by atoms with van der Waals surface area (Å²) < 4.78 is 12.9. The molecule has 82 valence electrons. The van der Waals surface area contributed by atoms with Gasteiger partial charge in [0, 0.05) is 18.0 Å². The monoisotopic (exact) mass is 210 g/mol. The summed E-state index contributed by atoms with van der Waals surface area (Å²) in [7, 11) is 0. The molecule has 4 heteroatoms. The minimum absolute atomic E-state index is 0.0942. The van der Waals surface area contributed by atoms with Crippen molar-refractivity contribution in [3.8, 4) is 0 Å². The molecule has 1 heterocycles. The molecular formula is C11H15FN2O. The van der Waals surface area contributed by atoms with Crippen molar-refractivity contribution in [1.29, 1.82) is 0 Å². The molecule has 1 aromatic heterocycles. The standard InChI is InChI=1S/C11H15FN2O/c12-10-7-9(3-6-13-10)14-11(8-15)4-1-2-5-11/h3,6-7,15H,1-2,4-5,8H2,(H,13,14). The lowest BCUT2D eigenvalue weighted by molar-refractivity contribution is 0.214. The largest absolute Gasteiger partial charge is 0.394 e. The van der Waals surface area contributed by atoms with Crippen LogP contribution in [0.2, 0.25) is 0 Å². The number of nitrogens with zero attached hydrogens (tertiary/aromatic N) is 1. The Kier molecular flexibility index (Phi) is 2.86. The first-order valence-electron chi connectivity index (χ1n) is 5.25. The molecule has 0 radical (unpaired) electrons. The molecule has 1 aliphatic rings. The number of pyridine rings is 1. The number of hydrogen-bond acceptors (Lipinski definition) is 3. The van der Waals surface area contributed by atoms with E-state index in [9.17, 15) is 9.50 Å². The lowest BCUT2D eigenvalue weighted by Gasteiger charge is -2.29. The molecule has 2 N–H and O–H groups in total. The number of aliphatic hydroxyl groups is 1. The van der Waals surface area contributed by atoms with Crippen LogP contribution in [0.4, 0.5) is 10.1 Å². The summed E-state index contributed by atoms with van der Waals surface area (Å²) in [5, 5.41) is 12.6. The first kappa shape index (κ1) is 10.4. The minimum Gasteiger partial charge on any atom is -0.394 e. The quantitative estimate of drug-likeness (QED) is 0.749. The molecule has 1 aromatic rings. The van der Waals surface area contributed by atoms with Crippen molar-refractivity contribution in [3.63, 3.8) is 0 Å². The zero-order valence-corrected chi connectivity index (χ0v) is 8.54. The Hall–Kier alpha value is -1.16. The van der Waals surface area contributed by atoms with Crippen molar-refractivity contribution in [1.82, 2.24) is 4.98 Å². The van der Waals surface area contributed by atoms with Crippen molar-refractivity contribution in [2.75, 3.05) is 11.9 Å². The third-order valence-corrected chi connectivity index (χ3v) is 3.00. The van der Waals surface area contributed by atoms with E-state index in [0.717, 1.165) is 25.7 Å². The third-order valence-electron chi connectivity index (χ3n) is 3.00. The van der Waals surface area contributed by atoms with Crippen LogP contribution in [0, 0.1) is 5.95 Å². The molecule has 0 amide bonds. The van der Waals surface area contributed by atoms with E-state index < -0.39 is 5.95 Å². The van der Waals surface area contributed by atoms with Crippen LogP contribution in [0.15, 0.2) is 18.3 Å². The molecule has 0 saturated heterocycles. The summed E-state index contributed by atoms with van der Waals surface area (Å²) in [6, 6.07) is 3.08. The topological polar surface area (TPSA) is 45.1 Å². The summed E-state index contributed by atoms with van der Waals surface area (Å²) in [5.74, 6) is -0.494. The van der Waals surface area contributed by atoms with Gasteiger partial charge in [0.05, 0.1) is 12.1 Å². The van der Waals surface area contributed by atoms with Gasteiger partial charge in [0.15, 0.2) is 0 Å². The molecule has 1 saturated carbocycles. The average Bonchev–Trinajstić information content (AvgIpc) is 2.67. The average molecular weight is 210 g/mol. The van der Waals surface area contributed by atoms with Gasteiger partial charge in [-0.1, -0.05) is 12.8 Å². The molecule has 1 fully saturated rings. The fraction of sp³-hybridized carbons (Fsp3) is 0.545. The molecule has 1 aliphatic carbocycles. The lowest BCUT2D eigenvalue weighted by atomic mass is 9.98. The van der Waals surface area contributed by atoms with Crippen molar-refractivity contribution < 1.29 is 9.50 Å². The molecule has 2 rings (SSSR count). The van der Waals surface area contributed by atoms with Gasteiger partial charge in [0.2, 0.25) is 5.95 Å². The number of aromatic nitrogens is 1. The maximum absolute atomic E-state index is 12.9. The Bertz CT molecular complexity index is 337. The van der Waals surface area contributed by atoms with Gasteiger partial charge < -0.3 is 10.4 Å². The van der Waals surface area contributed by atoms with Crippen molar-refractivity contribution in [2.45, 2.75) is 31.2 Å². The third kappa shape index (κ3) is 2.26. The number of nitrogens with one attached hydrogen (secondary N) is 1. The number of aliphatic hydroxyl groups excluding tert-OH is 1. The van der Waals surface area contributed by atoms with E-state index in [1.807, 2.05) is 0 Å². The molecule has 0 aliphatic heterocycles. The van der Waals surface area contributed by atoms with Crippen LogP contribution in [-0.4, -0.2) is 22.2 Å². The van der Waals surface area contributed by atoms with Gasteiger partial charge in [0.1, 0.15) is 0 Å². The highest BCUT2D eigenvalue weighted by atomic mass is 19.1. The highest BCUT2D eigenvalue weighted by Gasteiger charge is 2.32. The molecule has 0 bridgehead atoms. The first-order valence-corrected chi connectivity index (χ1v) is 5.25. The molecule has 0 unspecified atom stereocenters. The second kappa shape index (κ2) is 4.14. The molecular weight excluding hydrogens is 195 g/mol. The Morgan fingerprint density at radius 3 is 2.80 bits per heavy atom. The SMILES string of the molecule is OCC1(Nc2ccnc(F)c2)CCCC1. The fourth-order valence-corrected chi connectivity index (χ4v) is 2.16. The fourth-order valence-electron chi connectivity index (χ4n) is 2.16. The molecule has 0 aromatic carbocycles. The summed E-state index contributed by atoms with van der Waals surface area (Å²) in [6.07, 6.45) is 5.53. The van der Waals surface area contributed by atoms with Gasteiger partial charge in [-0.05, 0) is 18.9 Å². The van der Waals surface area contributed by atoms with E-state index in [-0.39, 0.29) is 12.1 Å². The molecule has 0 spiro atoms. The molecule has 0 atom stereocenters. The Morgan fingerprint density at radius 1 is 1.47 bits per heavy atom. The van der Waals surface area contributed by atoms with E-state index in [1.54, 1.807) is 6.07 Å². The van der Waals surface area contributed by atoms with Crippen LogP contribution >= 0.6 is 0 Å². The highest BCUT2D eigenvalue weighted by molar-refractivity contribution is 5.44. The highest BCUT2D eigenvalue weighted by Crippen LogP contribution is 2.32. The van der Waals surface area contributed by atoms with Crippen LogP contribution in [0.1, 0.15) is 25.7 Å². The van der Waals surface area contributed by atoms with E-state index in [4.69, 9.17) is 0 Å². The number of hydrogen-bond donors (Lipinski definition) is 2. The van der Waals surface area contributed by atoms with Crippen LogP contribution in [0.25, 0.3) is 0 Å². The van der Waals surface area contributed by atoms with E-state index in [2.05, 4.69) is 10.3 Å². The second-order valence-corrected chi connectivity index (χ2v) is 4.14. The van der Waals surface area contributed by atoms with Crippen molar-refractivity contribution in [3.05, 3.63) is 24.3 Å². The van der Waals surface area contributed by atoms with Gasteiger partial charge >= 0.3 is 0 Å². The number of rotatable bonds is 3. The van der Waals surface area contributed by atoms with Gasteiger partial charge in [0.25, 0.3) is 0 Å². The molecule has 15 heavy (non-hydrogen) atoms. The predicted octanol–water partition coefficient (Wildman–Crippen LogP) is 1.94. The predicted molar refractivity (Wildman–Crippen MR) is 56.1 cm³/mol. The maximum Gasteiger partial charge on any atom is 0.214 e. The normalized spacial score (nSPS) is 19.1. The van der Waals surface area contributed by atoms with E-state index >= 15 is 0 Å². The lowest BCUT2D eigenvalue weighted by Crippen LogP contribution is -2.39. The van der Waals surface area contributed by atoms with Crippen LogP contribution in [0.3, 0.4) is 0 Å². The Morgan fingerprint density at radius 2 is 2.20 bits per heavy atom. The van der Waals surface area contributed by atoms with Crippen molar-refractivity contribution >= 4 is 5.69 Å². The van der Waals surface area contributed by atoms with Gasteiger partial charge in [-0.3, -0.25) is 0 Å². The summed E-state index contributed by atoms with van der Waals surface area (Å²) in [4.78, 5) is 3.49. The van der Waals surface area contributed by atoms with Gasteiger partial charge in [-0.25, -0.2) is 4.98 Å². The second-order valence-electron chi connectivity index (χ2n) is 4.14. The van der Waals surface area contributed by atoms with E-state index in [1.165, 1.54) is 12.3 Å². The molecule has 3 nitrogen and oxygen atoms in total. The maximum atomic E-state index is 12.9. The van der Waals surface area contributed by atoms with Crippen LogP contribution < -0.4 is 5.32 Å². The van der Waals surface area contributed by atoms with Gasteiger partial charge in [-0.2, -0.15) is 4.39 Å². The smallest absolute Gasteiger partial charge is 0.214 e. The number of anilines is 1. The Balaban J connectivity index is 2.12.